The molecule has 2 bridgehead atoms. The number of amides is 1. The van der Waals surface area contributed by atoms with Crippen LogP contribution in [0, 0.1) is 11.8 Å². The first-order valence-electron chi connectivity index (χ1n) is 11.0. The van der Waals surface area contributed by atoms with Gasteiger partial charge in [-0.3, -0.25) is 9.69 Å². The lowest BCUT2D eigenvalue weighted by molar-refractivity contribution is 0.0302. The molecule has 160 valence electrons. The van der Waals surface area contributed by atoms with Crippen molar-refractivity contribution in [3.05, 3.63) is 72.2 Å². The van der Waals surface area contributed by atoms with Crippen molar-refractivity contribution in [3.8, 4) is 17.0 Å². The molecule has 1 aliphatic heterocycles. The predicted octanol–water partition coefficient (Wildman–Crippen LogP) is 3.73. The molecule has 0 spiro atoms. The Kier molecular flexibility index (Phi) is 5.47. The van der Waals surface area contributed by atoms with Crippen LogP contribution in [0.15, 0.2) is 61.1 Å². The zero-order valence-electron chi connectivity index (χ0n) is 17.8. The van der Waals surface area contributed by atoms with E-state index < -0.39 is 0 Å². The highest BCUT2D eigenvalue weighted by Gasteiger charge is 2.43. The van der Waals surface area contributed by atoms with E-state index in [1.807, 2.05) is 18.2 Å². The second-order valence-corrected chi connectivity index (χ2v) is 8.62. The van der Waals surface area contributed by atoms with Crippen molar-refractivity contribution >= 4 is 5.91 Å². The molecule has 1 aromatic heterocycles. The van der Waals surface area contributed by atoms with Crippen molar-refractivity contribution in [2.75, 3.05) is 20.1 Å². The van der Waals surface area contributed by atoms with Gasteiger partial charge in [-0.15, -0.1) is 0 Å². The molecule has 3 aromatic rings. The summed E-state index contributed by atoms with van der Waals surface area (Å²) in [5.74, 6) is 1.52. The molecular formula is C25H28N4O2. The van der Waals surface area contributed by atoms with E-state index in [4.69, 9.17) is 4.74 Å². The third-order valence-electron chi connectivity index (χ3n) is 6.60. The molecule has 3 atom stereocenters. The summed E-state index contributed by atoms with van der Waals surface area (Å²) in [5, 5.41) is 2.75. The maximum absolute atomic E-state index is 12.6. The normalized spacial score (nSPS) is 22.9. The fraction of sp³-hybridized carbons (Fsp3) is 0.360. The Balaban J connectivity index is 1.34. The van der Waals surface area contributed by atoms with Gasteiger partial charge >= 0.3 is 0 Å². The van der Waals surface area contributed by atoms with E-state index in [0.717, 1.165) is 30.9 Å². The highest BCUT2D eigenvalue weighted by molar-refractivity contribution is 5.98. The zero-order chi connectivity index (χ0) is 21.2. The molecule has 0 radical (unpaired) electrons. The van der Waals surface area contributed by atoms with Crippen molar-refractivity contribution < 1.29 is 9.53 Å². The number of nitrogens with one attached hydrogen (secondary N) is 2. The summed E-state index contributed by atoms with van der Waals surface area (Å²) < 4.78 is 6.55. The standard InChI is InChI=1S/C25H28N4O2/c1-26-25(30)21-11-18(22-12-27-16-28-22)9-10-23(21)31-24-19-7-8-20(24)15-29(14-19)13-17-5-3-2-4-6-17/h2-6,9-12,16,19-20,24H,7-8,13-15H2,1H3,(H,26,30)(H,27,28)/t19-,20+,24?. The molecular weight excluding hydrogens is 388 g/mol. The number of ether oxygens (including phenoxy) is 1. The number of carbonyl (C=O) groups excluding carboxylic acids is 1. The molecule has 1 saturated carbocycles. The largest absolute Gasteiger partial charge is 0.489 e. The van der Waals surface area contributed by atoms with E-state index in [0.29, 0.717) is 23.1 Å². The van der Waals surface area contributed by atoms with E-state index in [1.54, 1.807) is 19.6 Å². The van der Waals surface area contributed by atoms with E-state index >= 15 is 0 Å². The predicted molar refractivity (Wildman–Crippen MR) is 120 cm³/mol. The molecule has 31 heavy (non-hydrogen) atoms. The number of aromatic nitrogens is 2. The van der Waals surface area contributed by atoms with Crippen LogP contribution in [0.5, 0.6) is 5.75 Å². The number of carbonyl (C=O) groups is 1. The molecule has 6 nitrogen and oxygen atoms in total. The van der Waals surface area contributed by atoms with Gasteiger partial charge in [0, 0.05) is 44.1 Å². The minimum atomic E-state index is -0.134. The van der Waals surface area contributed by atoms with Gasteiger partial charge in [-0.05, 0) is 36.6 Å². The number of hydrogen-bond acceptors (Lipinski definition) is 4. The fourth-order valence-corrected chi connectivity index (χ4v) is 5.11. The Hall–Kier alpha value is -3.12. The van der Waals surface area contributed by atoms with Crippen LogP contribution in [-0.4, -0.2) is 47.0 Å². The fourth-order valence-electron chi connectivity index (χ4n) is 5.11. The highest BCUT2D eigenvalue weighted by atomic mass is 16.5. The van der Waals surface area contributed by atoms with Gasteiger partial charge in [0.1, 0.15) is 11.9 Å². The molecule has 1 amide bonds. The number of likely N-dealkylation sites (tertiary alicyclic amines) is 1. The number of hydrogen-bond donors (Lipinski definition) is 2. The SMILES string of the molecule is CNC(=O)c1cc(-c2cnc[nH]2)ccc1OC1[C@@H]2CC[C@H]1CN(Cc1ccccc1)C2. The van der Waals surface area contributed by atoms with Crippen LogP contribution in [0.3, 0.4) is 0 Å². The van der Waals surface area contributed by atoms with Crippen LogP contribution in [0.2, 0.25) is 0 Å². The minimum Gasteiger partial charge on any atom is -0.489 e. The quantitative estimate of drug-likeness (QED) is 0.643. The molecule has 2 N–H and O–H groups in total. The summed E-state index contributed by atoms with van der Waals surface area (Å²) in [6.07, 6.45) is 5.92. The summed E-state index contributed by atoms with van der Waals surface area (Å²) in [4.78, 5) is 22.3. The van der Waals surface area contributed by atoms with Gasteiger partial charge < -0.3 is 15.0 Å². The lowest BCUT2D eigenvalue weighted by Crippen LogP contribution is -2.46. The molecule has 5 rings (SSSR count). The zero-order valence-corrected chi connectivity index (χ0v) is 17.8. The van der Waals surface area contributed by atoms with Crippen molar-refractivity contribution in [3.63, 3.8) is 0 Å². The maximum atomic E-state index is 12.6. The second kappa shape index (κ2) is 8.55. The third-order valence-corrected chi connectivity index (χ3v) is 6.60. The van der Waals surface area contributed by atoms with Crippen LogP contribution in [0.4, 0.5) is 0 Å². The summed E-state index contributed by atoms with van der Waals surface area (Å²) in [6.45, 7) is 3.07. The van der Waals surface area contributed by atoms with E-state index in [2.05, 4.69) is 50.5 Å². The maximum Gasteiger partial charge on any atom is 0.254 e. The molecule has 2 fully saturated rings. The van der Waals surface area contributed by atoms with E-state index in [9.17, 15) is 4.79 Å². The van der Waals surface area contributed by atoms with Crippen molar-refractivity contribution in [2.45, 2.75) is 25.5 Å². The molecule has 1 aliphatic carbocycles. The van der Waals surface area contributed by atoms with Gasteiger partial charge in [0.05, 0.1) is 23.8 Å². The number of piperidine rings is 1. The van der Waals surface area contributed by atoms with Gasteiger partial charge in [-0.2, -0.15) is 0 Å². The van der Waals surface area contributed by atoms with E-state index in [-0.39, 0.29) is 12.0 Å². The van der Waals surface area contributed by atoms with Gasteiger partial charge in [0.15, 0.2) is 0 Å². The van der Waals surface area contributed by atoms with Gasteiger partial charge in [0.25, 0.3) is 5.91 Å². The van der Waals surface area contributed by atoms with Crippen molar-refractivity contribution in [1.82, 2.24) is 20.2 Å². The summed E-state index contributed by atoms with van der Waals surface area (Å²) in [7, 11) is 1.65. The van der Waals surface area contributed by atoms with E-state index in [1.165, 1.54) is 18.4 Å². The summed E-state index contributed by atoms with van der Waals surface area (Å²) in [5.41, 5.74) is 3.73. The minimum absolute atomic E-state index is 0.134. The molecule has 2 aliphatic rings. The Morgan fingerprint density at radius 1 is 1.16 bits per heavy atom. The van der Waals surface area contributed by atoms with Crippen LogP contribution in [0.25, 0.3) is 11.3 Å². The average molecular weight is 417 g/mol. The smallest absolute Gasteiger partial charge is 0.254 e. The average Bonchev–Trinajstić information content (AvgIpc) is 3.41. The lowest BCUT2D eigenvalue weighted by Gasteiger charge is -2.38. The monoisotopic (exact) mass is 416 g/mol. The Morgan fingerprint density at radius 3 is 2.61 bits per heavy atom. The number of fused-ring (bicyclic) bond motifs is 2. The molecule has 6 heteroatoms. The molecule has 1 saturated heterocycles. The third kappa shape index (κ3) is 4.08. The number of rotatable bonds is 6. The first-order valence-corrected chi connectivity index (χ1v) is 11.0. The van der Waals surface area contributed by atoms with Crippen molar-refractivity contribution in [1.29, 1.82) is 0 Å². The summed E-state index contributed by atoms with van der Waals surface area (Å²) >= 11 is 0. The first kappa shape index (κ1) is 19.8. The summed E-state index contributed by atoms with van der Waals surface area (Å²) in [6, 6.07) is 16.5. The van der Waals surface area contributed by atoms with Crippen molar-refractivity contribution in [2.24, 2.45) is 11.8 Å². The van der Waals surface area contributed by atoms with Crippen LogP contribution < -0.4 is 10.1 Å². The number of nitrogens with zero attached hydrogens (tertiary/aromatic N) is 2. The Morgan fingerprint density at radius 2 is 1.94 bits per heavy atom. The first-order chi connectivity index (χ1) is 15.2. The molecule has 2 aromatic carbocycles. The highest BCUT2D eigenvalue weighted by Crippen LogP contribution is 2.40. The number of H-pyrrole nitrogens is 1. The Bertz CT molecular complexity index is 1020. The topological polar surface area (TPSA) is 70.2 Å². The second-order valence-electron chi connectivity index (χ2n) is 8.62. The van der Waals surface area contributed by atoms with Crippen LogP contribution in [0.1, 0.15) is 28.8 Å². The van der Waals surface area contributed by atoms with Gasteiger partial charge in [-0.1, -0.05) is 30.3 Å². The Labute approximate surface area is 182 Å². The molecule has 2 heterocycles. The lowest BCUT2D eigenvalue weighted by atomic mass is 9.94. The number of imidazole rings is 1. The van der Waals surface area contributed by atoms with Crippen LogP contribution >= 0.6 is 0 Å². The number of aromatic amines is 1. The van der Waals surface area contributed by atoms with Crippen LogP contribution in [-0.2, 0) is 6.54 Å². The van der Waals surface area contributed by atoms with Gasteiger partial charge in [-0.25, -0.2) is 4.98 Å². The number of benzene rings is 2. The van der Waals surface area contributed by atoms with Gasteiger partial charge in [0.2, 0.25) is 0 Å². The molecule has 1 unspecified atom stereocenters.